The Hall–Kier alpha value is -3.57. The molecule has 2 heterocycles. The first-order chi connectivity index (χ1) is 16.8. The van der Waals surface area contributed by atoms with Gasteiger partial charge in [0.2, 0.25) is 5.91 Å². The maximum atomic E-state index is 12.6. The van der Waals surface area contributed by atoms with Gasteiger partial charge in [-0.2, -0.15) is 0 Å². The molecule has 11 heteroatoms. The largest absolute Gasteiger partial charge is 0.573 e. The number of nitrogens with one attached hydrogen (secondary N) is 1. The molecule has 0 aliphatic carbocycles. The second kappa shape index (κ2) is 10.8. The summed E-state index contributed by atoms with van der Waals surface area (Å²) in [5, 5.41) is 13.0. The summed E-state index contributed by atoms with van der Waals surface area (Å²) in [6.07, 6.45) is -3.14. The van der Waals surface area contributed by atoms with Crippen LogP contribution in [0.2, 0.25) is 0 Å². The summed E-state index contributed by atoms with van der Waals surface area (Å²) < 4.78 is 43.0. The van der Waals surface area contributed by atoms with Crippen LogP contribution in [0.3, 0.4) is 0 Å². The van der Waals surface area contributed by atoms with Crippen LogP contribution in [0.1, 0.15) is 17.2 Å². The van der Waals surface area contributed by atoms with E-state index in [1.165, 1.54) is 36.0 Å². The van der Waals surface area contributed by atoms with Crippen LogP contribution in [0.25, 0.3) is 11.2 Å². The van der Waals surface area contributed by atoms with E-state index in [1.54, 1.807) is 22.9 Å². The molecule has 0 bridgehead atoms. The molecule has 35 heavy (non-hydrogen) atoms. The maximum absolute atomic E-state index is 12.6. The SMILES string of the molecule is O=C(CSc1nc2cccnc2n1Cc1ccc(OC(F)(F)F)cc1)NC(CO)c1ccccc1. The predicted molar refractivity (Wildman–Crippen MR) is 125 cm³/mol. The molecule has 7 nitrogen and oxygen atoms in total. The quantitative estimate of drug-likeness (QED) is 0.332. The van der Waals surface area contributed by atoms with Gasteiger partial charge in [-0.15, -0.1) is 13.2 Å². The third-order valence-corrected chi connectivity index (χ3v) is 5.99. The second-order valence-corrected chi connectivity index (χ2v) is 8.46. The summed E-state index contributed by atoms with van der Waals surface area (Å²) in [6.45, 7) is 0.0456. The van der Waals surface area contributed by atoms with Crippen LogP contribution in [0.4, 0.5) is 13.2 Å². The molecule has 2 N–H and O–H groups in total. The van der Waals surface area contributed by atoms with E-state index in [1.807, 2.05) is 30.3 Å². The molecule has 1 amide bonds. The molecule has 0 fully saturated rings. The van der Waals surface area contributed by atoms with Crippen molar-refractivity contribution in [1.82, 2.24) is 19.9 Å². The van der Waals surface area contributed by atoms with Gasteiger partial charge in [0.1, 0.15) is 11.3 Å². The highest BCUT2D eigenvalue weighted by atomic mass is 32.2. The molecule has 0 saturated heterocycles. The van der Waals surface area contributed by atoms with E-state index in [9.17, 15) is 23.1 Å². The summed E-state index contributed by atoms with van der Waals surface area (Å²) >= 11 is 1.20. The van der Waals surface area contributed by atoms with Gasteiger partial charge in [-0.25, -0.2) is 9.97 Å². The van der Waals surface area contributed by atoms with E-state index in [0.29, 0.717) is 21.9 Å². The molecule has 1 atom stereocenters. The van der Waals surface area contributed by atoms with Crippen LogP contribution in [-0.2, 0) is 11.3 Å². The number of imidazole rings is 1. The van der Waals surface area contributed by atoms with Crippen LogP contribution in [0.5, 0.6) is 5.75 Å². The zero-order chi connectivity index (χ0) is 24.8. The first-order valence-corrected chi connectivity index (χ1v) is 11.5. The molecule has 182 valence electrons. The molecular weight excluding hydrogens is 481 g/mol. The number of carbonyl (C=O) groups excluding carboxylic acids is 1. The van der Waals surface area contributed by atoms with Crippen molar-refractivity contribution >= 4 is 28.8 Å². The van der Waals surface area contributed by atoms with E-state index in [4.69, 9.17) is 0 Å². The molecule has 2 aromatic carbocycles. The number of benzene rings is 2. The Morgan fingerprint density at radius 2 is 1.83 bits per heavy atom. The van der Waals surface area contributed by atoms with Crippen LogP contribution < -0.4 is 10.1 Å². The summed E-state index contributed by atoms with van der Waals surface area (Å²) in [6, 6.07) is 17.7. The molecule has 4 aromatic rings. The smallest absolute Gasteiger partial charge is 0.406 e. The van der Waals surface area contributed by atoms with Gasteiger partial charge in [-0.05, 0) is 35.4 Å². The summed E-state index contributed by atoms with van der Waals surface area (Å²) in [5.74, 6) is -0.540. The molecule has 2 aromatic heterocycles. The minimum Gasteiger partial charge on any atom is -0.406 e. The van der Waals surface area contributed by atoms with Crippen LogP contribution >= 0.6 is 11.8 Å². The number of ether oxygens (including phenoxy) is 1. The Bertz CT molecular complexity index is 1280. The molecule has 0 saturated carbocycles. The van der Waals surface area contributed by atoms with Crippen molar-refractivity contribution in [3.63, 3.8) is 0 Å². The van der Waals surface area contributed by atoms with Crippen molar-refractivity contribution in [3.05, 3.63) is 84.1 Å². The number of aliphatic hydroxyl groups is 1. The average molecular weight is 503 g/mol. The minimum absolute atomic E-state index is 0.0466. The number of hydrogen-bond acceptors (Lipinski definition) is 6. The van der Waals surface area contributed by atoms with Gasteiger partial charge in [0.25, 0.3) is 0 Å². The van der Waals surface area contributed by atoms with Gasteiger partial charge in [0, 0.05) is 6.20 Å². The Kier molecular flexibility index (Phi) is 7.57. The molecule has 4 rings (SSSR count). The number of rotatable bonds is 9. The van der Waals surface area contributed by atoms with Crippen LogP contribution in [0, 0.1) is 0 Å². The third-order valence-electron chi connectivity index (χ3n) is 5.02. The van der Waals surface area contributed by atoms with Crippen molar-refractivity contribution in [2.24, 2.45) is 0 Å². The molecule has 0 aliphatic rings. The van der Waals surface area contributed by atoms with Crippen LogP contribution in [-0.4, -0.2) is 44.3 Å². The molecular formula is C24H21F3N4O3S. The zero-order valence-corrected chi connectivity index (χ0v) is 19.1. The number of hydrogen-bond donors (Lipinski definition) is 2. The summed E-state index contributed by atoms with van der Waals surface area (Å²) in [4.78, 5) is 21.5. The lowest BCUT2D eigenvalue weighted by atomic mass is 10.1. The van der Waals surface area contributed by atoms with Gasteiger partial charge in [0.15, 0.2) is 10.8 Å². The fourth-order valence-corrected chi connectivity index (χ4v) is 4.27. The lowest BCUT2D eigenvalue weighted by molar-refractivity contribution is -0.274. The Labute approximate surface area is 203 Å². The maximum Gasteiger partial charge on any atom is 0.573 e. The molecule has 0 spiro atoms. The van der Waals surface area contributed by atoms with E-state index in [-0.39, 0.29) is 30.6 Å². The first-order valence-electron chi connectivity index (χ1n) is 10.6. The number of aliphatic hydroxyl groups excluding tert-OH is 1. The first kappa shape index (κ1) is 24.6. The fraction of sp³-hybridized carbons (Fsp3) is 0.208. The summed E-state index contributed by atoms with van der Waals surface area (Å²) in [5.41, 5.74) is 2.72. The number of halogens is 3. The Morgan fingerprint density at radius 3 is 2.51 bits per heavy atom. The van der Waals surface area contributed by atoms with E-state index in [2.05, 4.69) is 20.0 Å². The number of alkyl halides is 3. The third kappa shape index (κ3) is 6.52. The van der Waals surface area contributed by atoms with Crippen molar-refractivity contribution in [2.45, 2.75) is 24.1 Å². The number of pyridine rings is 1. The van der Waals surface area contributed by atoms with Gasteiger partial charge < -0.3 is 15.2 Å². The topological polar surface area (TPSA) is 89.3 Å². The highest BCUT2D eigenvalue weighted by Crippen LogP contribution is 2.26. The number of aromatic nitrogens is 3. The standard InChI is InChI=1S/C24H21F3N4O3S/c25-24(26,27)34-18-10-8-16(9-11-18)13-31-22-19(7-4-12-28-22)30-23(31)35-15-21(33)29-20(14-32)17-5-2-1-3-6-17/h1-12,20,32H,13-15H2,(H,29,33). The lowest BCUT2D eigenvalue weighted by Crippen LogP contribution is -2.32. The minimum atomic E-state index is -4.76. The Morgan fingerprint density at radius 1 is 1.09 bits per heavy atom. The van der Waals surface area contributed by atoms with Crippen molar-refractivity contribution in [1.29, 1.82) is 0 Å². The number of thioether (sulfide) groups is 1. The van der Waals surface area contributed by atoms with Crippen molar-refractivity contribution in [3.8, 4) is 5.75 Å². The molecule has 0 radical (unpaired) electrons. The fourth-order valence-electron chi connectivity index (χ4n) is 3.46. The number of fused-ring (bicyclic) bond motifs is 1. The lowest BCUT2D eigenvalue weighted by Gasteiger charge is -2.16. The predicted octanol–water partition coefficient (Wildman–Crippen LogP) is 4.32. The van der Waals surface area contributed by atoms with E-state index >= 15 is 0 Å². The highest BCUT2D eigenvalue weighted by molar-refractivity contribution is 7.99. The van der Waals surface area contributed by atoms with Crippen LogP contribution in [0.15, 0.2) is 78.1 Å². The number of nitrogens with zero attached hydrogens (tertiary/aromatic N) is 3. The van der Waals surface area contributed by atoms with Gasteiger partial charge in [-0.1, -0.05) is 54.2 Å². The van der Waals surface area contributed by atoms with Gasteiger partial charge in [0.05, 0.1) is 24.9 Å². The van der Waals surface area contributed by atoms with Gasteiger partial charge in [-0.3, -0.25) is 9.36 Å². The number of carbonyl (C=O) groups is 1. The normalized spacial score (nSPS) is 12.5. The summed E-state index contributed by atoms with van der Waals surface area (Å²) in [7, 11) is 0. The monoisotopic (exact) mass is 502 g/mol. The van der Waals surface area contributed by atoms with E-state index in [0.717, 1.165) is 5.56 Å². The highest BCUT2D eigenvalue weighted by Gasteiger charge is 2.31. The molecule has 1 unspecified atom stereocenters. The van der Waals surface area contributed by atoms with Gasteiger partial charge >= 0.3 is 6.36 Å². The number of amides is 1. The van der Waals surface area contributed by atoms with Crippen molar-refractivity contribution < 1.29 is 27.8 Å². The Balaban J connectivity index is 1.48. The van der Waals surface area contributed by atoms with E-state index < -0.39 is 12.4 Å². The average Bonchev–Trinajstić information content (AvgIpc) is 3.19. The molecule has 0 aliphatic heterocycles. The zero-order valence-electron chi connectivity index (χ0n) is 18.3. The van der Waals surface area contributed by atoms with Crippen molar-refractivity contribution in [2.75, 3.05) is 12.4 Å². The second-order valence-electron chi connectivity index (χ2n) is 7.52.